The van der Waals surface area contributed by atoms with Gasteiger partial charge in [0.15, 0.2) is 0 Å². The highest BCUT2D eigenvalue weighted by molar-refractivity contribution is 5.93. The maximum Gasteiger partial charge on any atom is 0.244 e. The third kappa shape index (κ3) is 9.79. The van der Waals surface area contributed by atoms with E-state index in [2.05, 4.69) is 10.6 Å². The largest absolute Gasteiger partial charge is 0.467 e. The number of nitrogen functional groups attached to an aromatic ring is 4. The standard InChI is InChI=1S/C14H15N3O2.C12H17N3O/c15-11-4-5-13(16)10(8-11)3-6-14(18)17-9-12-2-1-7-19-12;1-2-7-15-12(16)6-3-9-8-10(13)4-5-11(9)14/h1-8H,9,15-16H2,(H,17,18);3-6,8H,2,7,13-14H2,1H3,(H,15,16)/b2*6-3+. The molecule has 9 heteroatoms. The first-order valence-electron chi connectivity index (χ1n) is 11.0. The van der Waals surface area contributed by atoms with Crippen LogP contribution in [0.4, 0.5) is 22.7 Å². The molecule has 35 heavy (non-hydrogen) atoms. The number of rotatable bonds is 8. The van der Waals surface area contributed by atoms with E-state index in [1.165, 1.54) is 12.2 Å². The highest BCUT2D eigenvalue weighted by atomic mass is 16.3. The Morgan fingerprint density at radius 3 is 1.86 bits per heavy atom. The van der Waals surface area contributed by atoms with Crippen LogP contribution in [0.5, 0.6) is 0 Å². The highest BCUT2D eigenvalue weighted by Gasteiger charge is 2.00. The van der Waals surface area contributed by atoms with Gasteiger partial charge in [0.1, 0.15) is 5.76 Å². The molecule has 0 aliphatic heterocycles. The molecular formula is C26H32N6O3. The molecule has 1 aromatic heterocycles. The molecule has 3 rings (SSSR count). The molecule has 0 spiro atoms. The lowest BCUT2D eigenvalue weighted by Gasteiger charge is -2.02. The number of carbonyl (C=O) groups excluding carboxylic acids is 2. The predicted octanol–water partition coefficient (Wildman–Crippen LogP) is 3.16. The number of anilines is 4. The number of carbonyl (C=O) groups is 2. The third-order valence-corrected chi connectivity index (χ3v) is 4.62. The van der Waals surface area contributed by atoms with Crippen LogP contribution in [0, 0.1) is 0 Å². The summed E-state index contributed by atoms with van der Waals surface area (Å²) in [5.74, 6) is 0.354. The Morgan fingerprint density at radius 2 is 1.37 bits per heavy atom. The molecule has 10 N–H and O–H groups in total. The van der Waals surface area contributed by atoms with Gasteiger partial charge in [0.2, 0.25) is 11.8 Å². The molecular weight excluding hydrogens is 444 g/mol. The molecule has 1 heterocycles. The average Bonchev–Trinajstić information content (AvgIpc) is 3.36. The zero-order chi connectivity index (χ0) is 25.6. The second-order valence-corrected chi connectivity index (χ2v) is 7.53. The Labute approximate surface area is 204 Å². The first-order chi connectivity index (χ1) is 16.8. The molecule has 2 aromatic carbocycles. The fourth-order valence-electron chi connectivity index (χ4n) is 2.76. The summed E-state index contributed by atoms with van der Waals surface area (Å²) in [4.78, 5) is 22.9. The van der Waals surface area contributed by atoms with Crippen molar-refractivity contribution in [1.29, 1.82) is 0 Å². The van der Waals surface area contributed by atoms with Crippen molar-refractivity contribution in [1.82, 2.24) is 10.6 Å². The zero-order valence-electron chi connectivity index (χ0n) is 19.7. The van der Waals surface area contributed by atoms with Gasteiger partial charge in [0.25, 0.3) is 0 Å². The second-order valence-electron chi connectivity index (χ2n) is 7.53. The van der Waals surface area contributed by atoms with Crippen LogP contribution in [0.3, 0.4) is 0 Å². The van der Waals surface area contributed by atoms with Gasteiger partial charge < -0.3 is 38.0 Å². The summed E-state index contributed by atoms with van der Waals surface area (Å²) in [5, 5.41) is 5.44. The average molecular weight is 477 g/mol. The Kier molecular flexibility index (Phi) is 10.5. The normalized spacial score (nSPS) is 10.7. The van der Waals surface area contributed by atoms with Gasteiger partial charge in [-0.05, 0) is 78.2 Å². The first kappa shape index (κ1) is 26.6. The second kappa shape index (κ2) is 13.8. The molecule has 0 saturated heterocycles. The smallest absolute Gasteiger partial charge is 0.244 e. The lowest BCUT2D eigenvalue weighted by Crippen LogP contribution is -2.21. The minimum absolute atomic E-state index is 0.122. The van der Waals surface area contributed by atoms with Crippen molar-refractivity contribution in [3.8, 4) is 0 Å². The molecule has 0 aliphatic rings. The van der Waals surface area contributed by atoms with Crippen molar-refractivity contribution in [2.45, 2.75) is 19.9 Å². The van der Waals surface area contributed by atoms with E-state index in [1.807, 2.05) is 6.92 Å². The molecule has 3 aromatic rings. The van der Waals surface area contributed by atoms with Gasteiger partial charge in [-0.15, -0.1) is 0 Å². The van der Waals surface area contributed by atoms with Crippen LogP contribution in [-0.2, 0) is 16.1 Å². The molecule has 0 bridgehead atoms. The molecule has 0 unspecified atom stereocenters. The van der Waals surface area contributed by atoms with E-state index in [-0.39, 0.29) is 11.8 Å². The van der Waals surface area contributed by atoms with Crippen LogP contribution in [0.2, 0.25) is 0 Å². The van der Waals surface area contributed by atoms with Gasteiger partial charge in [0.05, 0.1) is 12.8 Å². The van der Waals surface area contributed by atoms with Gasteiger partial charge >= 0.3 is 0 Å². The highest BCUT2D eigenvalue weighted by Crippen LogP contribution is 2.17. The number of benzene rings is 2. The van der Waals surface area contributed by atoms with Gasteiger partial charge in [-0.3, -0.25) is 9.59 Å². The Balaban J connectivity index is 0.000000251. The molecule has 184 valence electrons. The van der Waals surface area contributed by atoms with Crippen LogP contribution in [0.1, 0.15) is 30.2 Å². The van der Waals surface area contributed by atoms with Gasteiger partial charge in [0, 0.05) is 41.4 Å². The van der Waals surface area contributed by atoms with Crippen molar-refractivity contribution in [3.63, 3.8) is 0 Å². The van der Waals surface area contributed by atoms with E-state index in [4.69, 9.17) is 27.4 Å². The van der Waals surface area contributed by atoms with Gasteiger partial charge in [-0.25, -0.2) is 0 Å². The number of hydrogen-bond acceptors (Lipinski definition) is 7. The first-order valence-corrected chi connectivity index (χ1v) is 11.0. The predicted molar refractivity (Wildman–Crippen MR) is 142 cm³/mol. The minimum atomic E-state index is -0.224. The zero-order valence-corrected chi connectivity index (χ0v) is 19.7. The van der Waals surface area contributed by atoms with Crippen LogP contribution in [0.15, 0.2) is 71.4 Å². The van der Waals surface area contributed by atoms with Crippen molar-refractivity contribution in [2.75, 3.05) is 29.5 Å². The van der Waals surface area contributed by atoms with Crippen LogP contribution < -0.4 is 33.6 Å². The van der Waals surface area contributed by atoms with Crippen LogP contribution in [0.25, 0.3) is 12.2 Å². The molecule has 2 amide bonds. The van der Waals surface area contributed by atoms with Crippen molar-refractivity contribution in [3.05, 3.63) is 83.8 Å². The van der Waals surface area contributed by atoms with Gasteiger partial charge in [-0.1, -0.05) is 6.92 Å². The Bertz CT molecular complexity index is 1170. The Morgan fingerprint density at radius 1 is 0.829 bits per heavy atom. The van der Waals surface area contributed by atoms with E-state index in [9.17, 15) is 9.59 Å². The summed E-state index contributed by atoms with van der Waals surface area (Å²) in [6.45, 7) is 3.03. The lowest BCUT2D eigenvalue weighted by atomic mass is 10.1. The van der Waals surface area contributed by atoms with E-state index >= 15 is 0 Å². The summed E-state index contributed by atoms with van der Waals surface area (Å²) in [5.41, 5.74) is 26.7. The number of hydrogen-bond donors (Lipinski definition) is 6. The molecule has 9 nitrogen and oxygen atoms in total. The quantitative estimate of drug-likeness (QED) is 0.214. The Hall–Kier alpha value is -4.66. The van der Waals surface area contributed by atoms with Crippen LogP contribution in [-0.4, -0.2) is 18.4 Å². The van der Waals surface area contributed by atoms with E-state index < -0.39 is 0 Å². The summed E-state index contributed by atoms with van der Waals surface area (Å²) >= 11 is 0. The van der Waals surface area contributed by atoms with Crippen molar-refractivity contribution in [2.24, 2.45) is 0 Å². The molecule has 0 radical (unpaired) electrons. The van der Waals surface area contributed by atoms with E-state index in [0.717, 1.165) is 12.0 Å². The van der Waals surface area contributed by atoms with Crippen molar-refractivity contribution < 1.29 is 14.0 Å². The topological polar surface area (TPSA) is 175 Å². The van der Waals surface area contributed by atoms with Crippen molar-refractivity contribution >= 4 is 46.7 Å². The monoisotopic (exact) mass is 476 g/mol. The van der Waals surface area contributed by atoms with E-state index in [1.54, 1.807) is 66.9 Å². The van der Waals surface area contributed by atoms with Crippen LogP contribution >= 0.6 is 0 Å². The minimum Gasteiger partial charge on any atom is -0.467 e. The number of nitrogens with two attached hydrogens (primary N) is 4. The molecule has 0 aliphatic carbocycles. The van der Waals surface area contributed by atoms with E-state index in [0.29, 0.717) is 47.2 Å². The lowest BCUT2D eigenvalue weighted by molar-refractivity contribution is -0.117. The number of furan rings is 1. The number of amides is 2. The fourth-order valence-corrected chi connectivity index (χ4v) is 2.76. The summed E-state index contributed by atoms with van der Waals surface area (Å²) in [6, 6.07) is 13.9. The molecule has 0 saturated carbocycles. The van der Waals surface area contributed by atoms with Gasteiger partial charge in [-0.2, -0.15) is 0 Å². The summed E-state index contributed by atoms with van der Waals surface area (Å²) < 4.78 is 5.11. The molecule has 0 atom stereocenters. The fraction of sp³-hybridized carbons (Fsp3) is 0.154. The maximum atomic E-state index is 11.6. The number of nitrogens with one attached hydrogen (secondary N) is 2. The summed E-state index contributed by atoms with van der Waals surface area (Å²) in [6.07, 6.45) is 8.64. The SMILES string of the molecule is CCCNC(=O)/C=C/c1cc(N)ccc1N.Nc1ccc(N)c(/C=C/C(=O)NCc2ccco2)c1. The third-order valence-electron chi connectivity index (χ3n) is 4.62. The molecule has 0 fully saturated rings. The maximum absolute atomic E-state index is 11.6. The summed E-state index contributed by atoms with van der Waals surface area (Å²) in [7, 11) is 0.